The monoisotopic (exact) mass is 524 g/mol. The van der Waals surface area contributed by atoms with Crippen molar-refractivity contribution in [3.05, 3.63) is 89.9 Å². The van der Waals surface area contributed by atoms with E-state index in [1.54, 1.807) is 17.5 Å². The third-order valence-electron chi connectivity index (χ3n) is 5.82. The predicted octanol–water partition coefficient (Wildman–Crippen LogP) is 7.93. The van der Waals surface area contributed by atoms with Crippen LogP contribution < -0.4 is 5.32 Å². The minimum Gasteiger partial charge on any atom is -0.301 e. The Hall–Kier alpha value is -3.59. The van der Waals surface area contributed by atoms with E-state index in [1.165, 1.54) is 44.6 Å². The highest BCUT2D eigenvalue weighted by Crippen LogP contribution is 2.35. The summed E-state index contributed by atoms with van der Waals surface area (Å²) < 4.78 is 1.90. The van der Waals surface area contributed by atoms with Gasteiger partial charge in [-0.3, -0.25) is 9.79 Å². The molecule has 2 aromatic heterocycles. The normalized spacial score (nSPS) is 12.6. The molecule has 176 valence electrons. The number of aromatic nitrogens is 2. The van der Waals surface area contributed by atoms with Gasteiger partial charge in [0, 0.05) is 23.4 Å². The molecule has 0 fully saturated rings. The Balaban J connectivity index is 1.27. The van der Waals surface area contributed by atoms with Crippen LogP contribution in [-0.2, 0) is 4.79 Å². The molecule has 6 rings (SSSR count). The summed E-state index contributed by atoms with van der Waals surface area (Å²) in [5, 5.41) is 9.77. The van der Waals surface area contributed by atoms with E-state index in [9.17, 15) is 4.79 Å². The third-order valence-corrected chi connectivity index (χ3v) is 8.72. The van der Waals surface area contributed by atoms with E-state index < -0.39 is 0 Å². The van der Waals surface area contributed by atoms with Crippen LogP contribution in [0.5, 0.6) is 0 Å². The van der Waals surface area contributed by atoms with E-state index in [1.807, 2.05) is 30.7 Å². The fourth-order valence-electron chi connectivity index (χ4n) is 4.05. The van der Waals surface area contributed by atoms with Crippen molar-refractivity contribution in [3.63, 3.8) is 0 Å². The van der Waals surface area contributed by atoms with Gasteiger partial charge in [-0.1, -0.05) is 60.3 Å². The zero-order valence-electron chi connectivity index (χ0n) is 19.2. The lowest BCUT2D eigenvalue weighted by Gasteiger charge is -2.07. The van der Waals surface area contributed by atoms with Crippen molar-refractivity contribution in [1.29, 1.82) is 0 Å². The molecule has 0 aliphatic rings. The van der Waals surface area contributed by atoms with E-state index in [-0.39, 0.29) is 11.2 Å². The van der Waals surface area contributed by atoms with Crippen molar-refractivity contribution in [2.45, 2.75) is 16.5 Å². The first kappa shape index (κ1) is 22.8. The highest BCUT2D eigenvalue weighted by Gasteiger charge is 2.18. The second kappa shape index (κ2) is 9.81. The Bertz CT molecular complexity index is 1690. The minimum absolute atomic E-state index is 0.0817. The van der Waals surface area contributed by atoms with Gasteiger partial charge >= 0.3 is 0 Å². The molecule has 0 aliphatic carbocycles. The summed E-state index contributed by atoms with van der Waals surface area (Å²) in [5.41, 5.74) is 2.89. The highest BCUT2D eigenvalue weighted by atomic mass is 32.2. The van der Waals surface area contributed by atoms with Gasteiger partial charge < -0.3 is 5.32 Å². The molecule has 5 nitrogen and oxygen atoms in total. The maximum absolute atomic E-state index is 12.5. The fraction of sp³-hybridized carbons (Fsp3) is 0.0714. The molecule has 0 radical (unpaired) electrons. The maximum Gasteiger partial charge on any atom is 0.239 e. The summed E-state index contributed by atoms with van der Waals surface area (Å²) in [5.74, 6) is -0.0817. The molecule has 0 bridgehead atoms. The second-order valence-electron chi connectivity index (χ2n) is 8.21. The van der Waals surface area contributed by atoms with Crippen molar-refractivity contribution in [2.75, 3.05) is 5.32 Å². The zero-order valence-corrected chi connectivity index (χ0v) is 21.7. The number of nitrogens with one attached hydrogen (secondary N) is 1. The van der Waals surface area contributed by atoms with Crippen LogP contribution in [0.1, 0.15) is 12.5 Å². The molecule has 8 heteroatoms. The maximum atomic E-state index is 12.5. The number of nitrogens with zero attached hydrogens (tertiary/aromatic N) is 3. The van der Waals surface area contributed by atoms with Crippen LogP contribution in [0.3, 0.4) is 0 Å². The van der Waals surface area contributed by atoms with Crippen LogP contribution in [0.2, 0.25) is 0 Å². The van der Waals surface area contributed by atoms with Crippen LogP contribution >= 0.6 is 34.4 Å². The largest absolute Gasteiger partial charge is 0.301 e. The molecule has 1 N–H and O–H groups in total. The molecule has 1 atom stereocenters. The molecule has 1 amide bonds. The smallest absolute Gasteiger partial charge is 0.239 e. The Morgan fingerprint density at radius 2 is 1.78 bits per heavy atom. The summed E-state index contributed by atoms with van der Waals surface area (Å²) in [6, 6.07) is 25.1. The number of hydrogen-bond donors (Lipinski definition) is 1. The number of thiazole rings is 2. The van der Waals surface area contributed by atoms with Crippen molar-refractivity contribution in [2.24, 2.45) is 4.99 Å². The number of rotatable bonds is 6. The molecule has 36 heavy (non-hydrogen) atoms. The number of carbonyl (C=O) groups excluding carboxylic acids is 1. The van der Waals surface area contributed by atoms with Gasteiger partial charge in [0.1, 0.15) is 0 Å². The molecule has 0 unspecified atom stereocenters. The molecule has 0 saturated carbocycles. The number of benzene rings is 4. The predicted molar refractivity (Wildman–Crippen MR) is 154 cm³/mol. The van der Waals surface area contributed by atoms with Gasteiger partial charge in [-0.15, -0.1) is 22.7 Å². The summed E-state index contributed by atoms with van der Waals surface area (Å²) in [7, 11) is 0. The Labute approximate surface area is 220 Å². The SMILES string of the molecule is C[C@H](Sc1nc2ccc(N=Cc3c4ccccc4cc4ccccc34)cc2s1)C(=O)Nc1nccs1. The van der Waals surface area contributed by atoms with Crippen molar-refractivity contribution in [1.82, 2.24) is 9.97 Å². The van der Waals surface area contributed by atoms with E-state index in [0.29, 0.717) is 5.13 Å². The first-order chi connectivity index (χ1) is 17.6. The van der Waals surface area contributed by atoms with Crippen molar-refractivity contribution < 1.29 is 4.79 Å². The molecular weight excluding hydrogens is 505 g/mol. The minimum atomic E-state index is -0.286. The number of amides is 1. The molecular formula is C28H20N4OS3. The average molecular weight is 525 g/mol. The summed E-state index contributed by atoms with van der Waals surface area (Å²) in [4.78, 5) is 26.2. The lowest BCUT2D eigenvalue weighted by Crippen LogP contribution is -2.22. The molecule has 0 aliphatic heterocycles. The standard InChI is InChI=1S/C28H20N4OS3/c1-17(26(33)32-27-29-12-13-34-27)35-28-31-24-11-10-20(15-25(24)36-28)30-16-23-21-8-4-2-6-18(21)14-19-7-3-5-9-22(19)23/h2-17H,1H3,(H,29,32,33)/t17-/m0/s1. The van der Waals surface area contributed by atoms with E-state index in [0.717, 1.165) is 25.8 Å². The van der Waals surface area contributed by atoms with E-state index in [4.69, 9.17) is 9.98 Å². The summed E-state index contributed by atoms with van der Waals surface area (Å²) in [6.45, 7) is 1.88. The molecule has 2 heterocycles. The van der Waals surface area contributed by atoms with Crippen molar-refractivity contribution >= 4 is 89.1 Å². The number of carbonyl (C=O) groups is 1. The molecule has 0 saturated heterocycles. The lowest BCUT2D eigenvalue weighted by molar-refractivity contribution is -0.115. The highest BCUT2D eigenvalue weighted by molar-refractivity contribution is 8.02. The third kappa shape index (κ3) is 4.63. The van der Waals surface area contributed by atoms with Crippen molar-refractivity contribution in [3.8, 4) is 0 Å². The number of hydrogen-bond acceptors (Lipinski definition) is 7. The number of fused-ring (bicyclic) bond motifs is 3. The van der Waals surface area contributed by atoms with Crippen LogP contribution in [-0.4, -0.2) is 27.3 Å². The first-order valence-corrected chi connectivity index (χ1v) is 13.9. The average Bonchev–Trinajstić information content (AvgIpc) is 3.55. The topological polar surface area (TPSA) is 67.2 Å². The fourth-order valence-corrected chi connectivity index (χ4v) is 6.82. The van der Waals surface area contributed by atoms with Crippen LogP contribution in [0.4, 0.5) is 10.8 Å². The lowest BCUT2D eigenvalue weighted by atomic mass is 9.97. The number of aliphatic imine (C=N–C) groups is 1. The molecule has 4 aromatic carbocycles. The Morgan fingerprint density at radius 1 is 1.03 bits per heavy atom. The summed E-state index contributed by atoms with van der Waals surface area (Å²) in [6.07, 6.45) is 3.64. The molecule has 6 aromatic rings. The van der Waals surface area contributed by atoms with Gasteiger partial charge in [-0.25, -0.2) is 9.97 Å². The zero-order chi connectivity index (χ0) is 24.5. The van der Waals surface area contributed by atoms with Crippen LogP contribution in [0.25, 0.3) is 31.8 Å². The van der Waals surface area contributed by atoms with Gasteiger partial charge in [-0.05, 0) is 52.7 Å². The first-order valence-electron chi connectivity index (χ1n) is 11.4. The molecule has 0 spiro atoms. The Morgan fingerprint density at radius 3 is 2.50 bits per heavy atom. The van der Waals surface area contributed by atoms with Gasteiger partial charge in [-0.2, -0.15) is 0 Å². The van der Waals surface area contributed by atoms with Crippen LogP contribution in [0.15, 0.2) is 93.7 Å². The van der Waals surface area contributed by atoms with Gasteiger partial charge in [0.2, 0.25) is 5.91 Å². The van der Waals surface area contributed by atoms with Gasteiger partial charge in [0.25, 0.3) is 0 Å². The summed E-state index contributed by atoms with van der Waals surface area (Å²) >= 11 is 4.43. The number of thioether (sulfide) groups is 1. The second-order valence-corrected chi connectivity index (χ2v) is 11.7. The van der Waals surface area contributed by atoms with Gasteiger partial charge in [0.05, 0.1) is 21.2 Å². The quantitative estimate of drug-likeness (QED) is 0.136. The van der Waals surface area contributed by atoms with E-state index in [2.05, 4.69) is 71.0 Å². The van der Waals surface area contributed by atoms with Gasteiger partial charge in [0.15, 0.2) is 9.47 Å². The van der Waals surface area contributed by atoms with E-state index >= 15 is 0 Å². The number of anilines is 1. The Kier molecular flexibility index (Phi) is 6.23. The van der Waals surface area contributed by atoms with Crippen LogP contribution in [0, 0.1) is 0 Å².